The summed E-state index contributed by atoms with van der Waals surface area (Å²) >= 11 is 0. The molecule has 0 bridgehead atoms. The molecule has 1 aliphatic heterocycles. The molecule has 1 aliphatic rings. The summed E-state index contributed by atoms with van der Waals surface area (Å²) < 4.78 is 10.2. The van der Waals surface area contributed by atoms with Gasteiger partial charge in [0.25, 0.3) is 11.4 Å². The van der Waals surface area contributed by atoms with Gasteiger partial charge in [-0.25, -0.2) is 0 Å². The molecule has 0 saturated carbocycles. The molecule has 1 saturated heterocycles. The lowest BCUT2D eigenvalue weighted by atomic mass is 9.99. The first-order valence-corrected chi connectivity index (χ1v) is 6.65. The fraction of sp³-hybridized carbons (Fsp3) is 0.500. The number of nitro groups is 2. The molecule has 5 unspecified atom stereocenters. The molecule has 1 aromatic carbocycles. The summed E-state index contributed by atoms with van der Waals surface area (Å²) in [6, 6.07) is 2.46. The van der Waals surface area contributed by atoms with E-state index in [1.54, 1.807) is 0 Å². The van der Waals surface area contributed by atoms with Gasteiger partial charge in [0.1, 0.15) is 30.2 Å². The quantitative estimate of drug-likeness (QED) is 0.368. The van der Waals surface area contributed by atoms with Gasteiger partial charge in [0.15, 0.2) is 0 Å². The molecule has 4 N–H and O–H groups in total. The zero-order valence-electron chi connectivity index (χ0n) is 12.0. The van der Waals surface area contributed by atoms with Crippen LogP contribution in [-0.2, 0) is 4.74 Å². The fourth-order valence-electron chi connectivity index (χ4n) is 2.15. The van der Waals surface area contributed by atoms with E-state index in [4.69, 9.17) is 14.6 Å². The van der Waals surface area contributed by atoms with Gasteiger partial charge in [-0.05, 0) is 0 Å². The SMILES string of the molecule is O=[N+]([O-])c1cc(OC2OC(CO)C(O)C(O)C2O)cc([N+](=O)[O-])c1. The van der Waals surface area contributed by atoms with Crippen LogP contribution >= 0.6 is 0 Å². The van der Waals surface area contributed by atoms with Crippen molar-refractivity contribution in [2.24, 2.45) is 0 Å². The average Bonchev–Trinajstić information content (AvgIpc) is 2.55. The Balaban J connectivity index is 2.29. The number of aliphatic hydroxyl groups excluding tert-OH is 4. The molecule has 0 aliphatic carbocycles. The lowest BCUT2D eigenvalue weighted by Crippen LogP contribution is -2.60. The molecule has 0 amide bonds. The van der Waals surface area contributed by atoms with Crippen LogP contribution < -0.4 is 4.74 Å². The second kappa shape index (κ2) is 7.02. The third kappa shape index (κ3) is 3.58. The van der Waals surface area contributed by atoms with Gasteiger partial charge in [-0.2, -0.15) is 0 Å². The van der Waals surface area contributed by atoms with Crippen LogP contribution in [0.15, 0.2) is 18.2 Å². The Morgan fingerprint density at radius 1 is 1.00 bits per heavy atom. The van der Waals surface area contributed by atoms with E-state index in [2.05, 4.69) is 0 Å². The molecule has 12 nitrogen and oxygen atoms in total. The van der Waals surface area contributed by atoms with Gasteiger partial charge in [-0.3, -0.25) is 20.2 Å². The number of non-ortho nitro benzene ring substituents is 2. The van der Waals surface area contributed by atoms with E-state index < -0.39 is 58.5 Å². The lowest BCUT2D eigenvalue weighted by molar-refractivity contribution is -0.394. The van der Waals surface area contributed by atoms with Crippen molar-refractivity contribution in [3.63, 3.8) is 0 Å². The van der Waals surface area contributed by atoms with Crippen LogP contribution in [0.5, 0.6) is 5.75 Å². The second-order valence-electron chi connectivity index (χ2n) is 5.01. The Hall–Kier alpha value is -2.38. The molecule has 2 rings (SSSR count). The Labute approximate surface area is 133 Å². The predicted octanol–water partition coefficient (Wildman–Crippen LogP) is -1.32. The average molecular weight is 346 g/mol. The third-order valence-electron chi connectivity index (χ3n) is 3.40. The van der Waals surface area contributed by atoms with Crippen LogP contribution in [0.25, 0.3) is 0 Å². The van der Waals surface area contributed by atoms with Crippen molar-refractivity contribution >= 4 is 11.4 Å². The van der Waals surface area contributed by atoms with E-state index in [-0.39, 0.29) is 5.75 Å². The summed E-state index contributed by atoms with van der Waals surface area (Å²) in [6.45, 7) is -0.695. The molecular weight excluding hydrogens is 332 g/mol. The van der Waals surface area contributed by atoms with E-state index in [9.17, 15) is 35.5 Å². The zero-order chi connectivity index (χ0) is 18.0. The molecular formula is C12H14N2O10. The molecule has 1 aromatic rings. The first-order valence-electron chi connectivity index (χ1n) is 6.65. The summed E-state index contributed by atoms with van der Waals surface area (Å²) in [5.41, 5.74) is -1.24. The molecule has 5 atom stereocenters. The van der Waals surface area contributed by atoms with Crippen molar-refractivity contribution in [2.45, 2.75) is 30.7 Å². The fourth-order valence-corrected chi connectivity index (χ4v) is 2.15. The standard InChI is InChI=1S/C12H14N2O10/c15-4-8-9(16)10(17)11(18)12(24-8)23-7-2-5(13(19)20)1-6(3-7)14(21)22/h1-3,8-12,15-18H,4H2. The van der Waals surface area contributed by atoms with Gasteiger partial charge >= 0.3 is 0 Å². The van der Waals surface area contributed by atoms with E-state index in [0.717, 1.165) is 18.2 Å². The minimum Gasteiger partial charge on any atom is -0.461 e. The molecule has 0 radical (unpaired) electrons. The summed E-state index contributed by atoms with van der Waals surface area (Å²) in [6.07, 6.45) is -7.93. The van der Waals surface area contributed by atoms with Crippen molar-refractivity contribution in [1.29, 1.82) is 0 Å². The van der Waals surface area contributed by atoms with Crippen molar-refractivity contribution in [1.82, 2.24) is 0 Å². The van der Waals surface area contributed by atoms with Gasteiger partial charge in [0, 0.05) is 0 Å². The minimum absolute atomic E-state index is 0.361. The highest BCUT2D eigenvalue weighted by atomic mass is 16.7. The van der Waals surface area contributed by atoms with Crippen LogP contribution in [0.1, 0.15) is 0 Å². The number of aliphatic hydroxyl groups is 4. The number of nitrogens with zero attached hydrogens (tertiary/aromatic N) is 2. The van der Waals surface area contributed by atoms with E-state index in [1.165, 1.54) is 0 Å². The van der Waals surface area contributed by atoms with Gasteiger partial charge in [-0.15, -0.1) is 0 Å². The van der Waals surface area contributed by atoms with Crippen molar-refractivity contribution in [3.8, 4) is 5.75 Å². The molecule has 24 heavy (non-hydrogen) atoms. The van der Waals surface area contributed by atoms with Crippen molar-refractivity contribution in [3.05, 3.63) is 38.4 Å². The molecule has 1 heterocycles. The summed E-state index contributed by atoms with van der Waals surface area (Å²) in [7, 11) is 0. The maximum atomic E-state index is 10.8. The van der Waals surface area contributed by atoms with Crippen LogP contribution in [0.3, 0.4) is 0 Å². The van der Waals surface area contributed by atoms with E-state index >= 15 is 0 Å². The Kier molecular flexibility index (Phi) is 5.26. The first kappa shape index (κ1) is 18.0. The number of nitro benzene ring substituents is 2. The monoisotopic (exact) mass is 346 g/mol. The van der Waals surface area contributed by atoms with Gasteiger partial charge < -0.3 is 29.9 Å². The van der Waals surface area contributed by atoms with Gasteiger partial charge in [-0.1, -0.05) is 0 Å². The minimum atomic E-state index is -1.75. The molecule has 0 spiro atoms. The number of hydrogen-bond acceptors (Lipinski definition) is 10. The van der Waals surface area contributed by atoms with Crippen LogP contribution in [0, 0.1) is 20.2 Å². The van der Waals surface area contributed by atoms with Gasteiger partial charge in [0.2, 0.25) is 6.29 Å². The number of ether oxygens (including phenoxy) is 2. The summed E-state index contributed by atoms with van der Waals surface area (Å²) in [5, 5.41) is 59.8. The predicted molar refractivity (Wildman–Crippen MR) is 74.1 cm³/mol. The number of hydrogen-bond donors (Lipinski definition) is 4. The van der Waals surface area contributed by atoms with Crippen molar-refractivity contribution < 1.29 is 39.7 Å². The molecule has 132 valence electrons. The second-order valence-corrected chi connectivity index (χ2v) is 5.01. The normalized spacial score (nSPS) is 29.9. The third-order valence-corrected chi connectivity index (χ3v) is 3.40. The first-order chi connectivity index (χ1) is 11.2. The maximum Gasteiger partial charge on any atom is 0.280 e. The highest BCUT2D eigenvalue weighted by molar-refractivity contribution is 5.49. The number of benzene rings is 1. The highest BCUT2D eigenvalue weighted by Gasteiger charge is 2.44. The molecule has 0 aromatic heterocycles. The molecule has 12 heteroatoms. The van der Waals surface area contributed by atoms with E-state index in [1.807, 2.05) is 0 Å². The zero-order valence-corrected chi connectivity index (χ0v) is 12.0. The number of rotatable bonds is 5. The van der Waals surface area contributed by atoms with E-state index in [0.29, 0.717) is 0 Å². The lowest BCUT2D eigenvalue weighted by Gasteiger charge is -2.39. The van der Waals surface area contributed by atoms with Crippen LogP contribution in [0.4, 0.5) is 11.4 Å². The Morgan fingerprint density at radius 2 is 1.54 bits per heavy atom. The summed E-state index contributed by atoms with van der Waals surface area (Å²) in [5.74, 6) is -0.361. The van der Waals surface area contributed by atoms with Gasteiger partial charge in [0.05, 0.1) is 34.7 Å². The van der Waals surface area contributed by atoms with Crippen molar-refractivity contribution in [2.75, 3.05) is 6.61 Å². The molecule has 1 fully saturated rings. The van der Waals surface area contributed by atoms with Crippen LogP contribution in [-0.4, -0.2) is 67.6 Å². The smallest absolute Gasteiger partial charge is 0.280 e. The maximum absolute atomic E-state index is 10.8. The highest BCUT2D eigenvalue weighted by Crippen LogP contribution is 2.30. The van der Waals surface area contributed by atoms with Crippen LogP contribution in [0.2, 0.25) is 0 Å². The topological polar surface area (TPSA) is 186 Å². The summed E-state index contributed by atoms with van der Waals surface area (Å²) in [4.78, 5) is 19.9. The Bertz CT molecular complexity index is 604. The largest absolute Gasteiger partial charge is 0.461 e. The Morgan fingerprint density at radius 3 is 2.00 bits per heavy atom.